The molecule has 1 amide bonds. The topological polar surface area (TPSA) is 239 Å². The van der Waals surface area contributed by atoms with E-state index in [1.807, 2.05) is 0 Å². The Morgan fingerprint density at radius 2 is 1.73 bits per heavy atom. The predicted molar refractivity (Wildman–Crippen MR) is 158 cm³/mol. The van der Waals surface area contributed by atoms with Crippen molar-refractivity contribution in [2.45, 2.75) is 13.0 Å². The maximum Gasteiger partial charge on any atom is 0.267 e. The van der Waals surface area contributed by atoms with Gasteiger partial charge in [-0.15, -0.1) is 5.10 Å². The normalized spacial score (nSPS) is 11.8. The highest BCUT2D eigenvalue weighted by Gasteiger charge is 2.30. The van der Waals surface area contributed by atoms with Gasteiger partial charge >= 0.3 is 0 Å². The molecular formula is C29H23N9O7. The number of nitrogens with two attached hydrogens (primary N) is 1. The van der Waals surface area contributed by atoms with Gasteiger partial charge in [0.05, 0.1) is 28.7 Å². The molecule has 2 aromatic carbocycles. The van der Waals surface area contributed by atoms with Crippen molar-refractivity contribution in [3.8, 4) is 46.3 Å². The van der Waals surface area contributed by atoms with E-state index < -0.39 is 51.9 Å². The number of phenols is 5. The summed E-state index contributed by atoms with van der Waals surface area (Å²) >= 11 is 0. The van der Waals surface area contributed by atoms with Crippen LogP contribution in [-0.4, -0.2) is 65.4 Å². The van der Waals surface area contributed by atoms with Gasteiger partial charge in [-0.25, -0.2) is 14.5 Å². The van der Waals surface area contributed by atoms with Crippen molar-refractivity contribution >= 4 is 28.3 Å². The van der Waals surface area contributed by atoms with E-state index in [0.717, 1.165) is 0 Å². The molecule has 0 saturated heterocycles. The molecule has 45 heavy (non-hydrogen) atoms. The number of nitrogens with zero attached hydrogens (tertiary/aromatic N) is 7. The van der Waals surface area contributed by atoms with Crippen molar-refractivity contribution in [1.82, 2.24) is 39.2 Å². The summed E-state index contributed by atoms with van der Waals surface area (Å²) < 4.78 is 3.56. The molecule has 8 N–H and O–H groups in total. The molecule has 0 saturated carbocycles. The quantitative estimate of drug-likeness (QED) is 0.0846. The Morgan fingerprint density at radius 1 is 1.02 bits per heavy atom. The summed E-state index contributed by atoms with van der Waals surface area (Å²) in [5.74, 6) is -1.28. The fourth-order valence-corrected chi connectivity index (χ4v) is 4.82. The van der Waals surface area contributed by atoms with E-state index in [2.05, 4.69) is 37.3 Å². The highest BCUT2D eigenvalue weighted by Crippen LogP contribution is 2.52. The second kappa shape index (κ2) is 10.5. The van der Waals surface area contributed by atoms with Gasteiger partial charge in [0.2, 0.25) is 17.2 Å². The minimum Gasteiger partial charge on any atom is -0.503 e. The van der Waals surface area contributed by atoms with E-state index in [1.54, 1.807) is 42.3 Å². The van der Waals surface area contributed by atoms with Gasteiger partial charge in [0.15, 0.2) is 23.0 Å². The number of amides is 1. The number of anilines is 1. The average Bonchev–Trinajstić information content (AvgIpc) is 3.60. The molecule has 226 valence electrons. The lowest BCUT2D eigenvalue weighted by Gasteiger charge is -2.22. The van der Waals surface area contributed by atoms with Crippen LogP contribution in [0.5, 0.6) is 28.7 Å². The lowest BCUT2D eigenvalue weighted by atomic mass is 10.1. The monoisotopic (exact) mass is 609 g/mol. The van der Waals surface area contributed by atoms with Gasteiger partial charge in [0.1, 0.15) is 17.1 Å². The summed E-state index contributed by atoms with van der Waals surface area (Å²) in [5, 5.41) is 63.0. The number of benzene rings is 2. The fraction of sp³-hybridized carbons (Fsp3) is 0.103. The van der Waals surface area contributed by atoms with Crippen LogP contribution in [0.2, 0.25) is 0 Å². The third-order valence-corrected chi connectivity index (χ3v) is 6.92. The van der Waals surface area contributed by atoms with E-state index >= 15 is 0 Å². The number of nitrogen functional groups attached to an aromatic ring is 1. The van der Waals surface area contributed by atoms with Crippen LogP contribution in [0.4, 0.5) is 5.82 Å². The molecule has 0 aliphatic rings. The van der Waals surface area contributed by atoms with Crippen LogP contribution in [0.25, 0.3) is 22.2 Å². The zero-order valence-electron chi connectivity index (χ0n) is 23.5. The van der Waals surface area contributed by atoms with E-state index in [9.17, 15) is 35.1 Å². The maximum atomic E-state index is 14.3. The van der Waals surface area contributed by atoms with E-state index in [0.29, 0.717) is 10.1 Å². The Kier molecular flexibility index (Phi) is 6.62. The number of phenolic OH excluding ortho intramolecular Hbond substituents is 5. The van der Waals surface area contributed by atoms with E-state index in [-0.39, 0.29) is 39.3 Å². The number of aromatic hydroxyl groups is 5. The highest BCUT2D eigenvalue weighted by molar-refractivity contribution is 6.04. The number of rotatable bonds is 4. The molecule has 0 aliphatic heterocycles. The van der Waals surface area contributed by atoms with Crippen LogP contribution < -0.4 is 16.6 Å². The smallest absolute Gasteiger partial charge is 0.267 e. The molecule has 4 heterocycles. The van der Waals surface area contributed by atoms with Gasteiger partial charge in [0, 0.05) is 31.2 Å². The summed E-state index contributed by atoms with van der Waals surface area (Å²) in [6, 6.07) is 5.12. The van der Waals surface area contributed by atoms with Crippen LogP contribution in [0, 0.1) is 11.8 Å². The number of nitrogens with one attached hydrogen (secondary N) is 1. The average molecular weight is 610 g/mol. The van der Waals surface area contributed by atoms with Crippen LogP contribution in [0.1, 0.15) is 40.3 Å². The fourth-order valence-electron chi connectivity index (χ4n) is 4.82. The second-order valence-corrected chi connectivity index (χ2v) is 9.90. The third-order valence-electron chi connectivity index (χ3n) is 6.92. The Morgan fingerprint density at radius 3 is 2.42 bits per heavy atom. The summed E-state index contributed by atoms with van der Waals surface area (Å²) in [6.45, 7) is 1.46. The Hall–Kier alpha value is -6.76. The Labute approximate surface area is 251 Å². The van der Waals surface area contributed by atoms with Crippen molar-refractivity contribution in [2.24, 2.45) is 7.05 Å². The zero-order chi connectivity index (χ0) is 32.2. The first-order valence-electron chi connectivity index (χ1n) is 13.1. The molecular weight excluding hydrogens is 586 g/mol. The first-order chi connectivity index (χ1) is 21.5. The van der Waals surface area contributed by atoms with Crippen molar-refractivity contribution in [3.05, 3.63) is 81.9 Å². The number of fused-ring (bicyclic) bond motifs is 2. The summed E-state index contributed by atoms with van der Waals surface area (Å²) in [4.78, 5) is 36.4. The van der Waals surface area contributed by atoms with Crippen molar-refractivity contribution in [2.75, 3.05) is 5.73 Å². The summed E-state index contributed by atoms with van der Waals surface area (Å²) in [6.07, 6.45) is 6.19. The van der Waals surface area contributed by atoms with Crippen LogP contribution in [0.3, 0.4) is 0 Å². The number of hydrogen-bond donors (Lipinski definition) is 7. The maximum absolute atomic E-state index is 14.3. The van der Waals surface area contributed by atoms with Crippen LogP contribution in [0.15, 0.2) is 53.8 Å². The molecule has 0 aliphatic carbocycles. The molecule has 6 rings (SSSR count). The number of aryl methyl sites for hydroxylation is 1. The van der Waals surface area contributed by atoms with Gasteiger partial charge in [0.25, 0.3) is 11.5 Å². The van der Waals surface area contributed by atoms with Gasteiger partial charge in [-0.3, -0.25) is 18.8 Å². The highest BCUT2D eigenvalue weighted by atomic mass is 16.4. The lowest BCUT2D eigenvalue weighted by molar-refractivity contribution is 0.0940. The van der Waals surface area contributed by atoms with Gasteiger partial charge in [-0.2, -0.15) is 5.10 Å². The molecule has 16 heteroatoms. The van der Waals surface area contributed by atoms with Crippen molar-refractivity contribution < 1.29 is 30.3 Å². The minimum absolute atomic E-state index is 0.0573. The number of aromatic nitrogens is 7. The first-order valence-corrected chi connectivity index (χ1v) is 13.1. The van der Waals surface area contributed by atoms with Crippen molar-refractivity contribution in [1.29, 1.82) is 0 Å². The minimum atomic E-state index is -1.22. The molecule has 4 aromatic heterocycles. The molecule has 16 nitrogen and oxygen atoms in total. The van der Waals surface area contributed by atoms with Crippen LogP contribution in [-0.2, 0) is 7.05 Å². The van der Waals surface area contributed by atoms with Crippen LogP contribution >= 0.6 is 0 Å². The Bertz CT molecular complexity index is 2280. The molecule has 0 radical (unpaired) electrons. The second-order valence-electron chi connectivity index (χ2n) is 9.90. The molecule has 0 fully saturated rings. The molecule has 0 spiro atoms. The van der Waals surface area contributed by atoms with Gasteiger partial charge < -0.3 is 36.6 Å². The van der Waals surface area contributed by atoms with E-state index in [1.165, 1.54) is 29.9 Å². The zero-order valence-corrected chi connectivity index (χ0v) is 23.5. The third kappa shape index (κ3) is 4.60. The molecule has 1 atom stereocenters. The predicted octanol–water partition coefficient (Wildman–Crippen LogP) is 1.16. The van der Waals surface area contributed by atoms with Crippen molar-refractivity contribution in [3.63, 3.8) is 0 Å². The molecule has 0 bridgehead atoms. The standard InChI is InChI=1S/C29H23N9O7/c1-13(33-28(44)18-25(30)35-37-10-4-9-31-27(18)37)26-34-16-6-3-5-15(8-7-14-11-32-36(2)12-14)17(16)29(45)38(26)19-20(39)22(41)24(43)23(42)21(19)40/h3-6,9-13,39-43H,1-2H3,(H2,30,35)(H,33,44). The number of carbonyl (C=O) groups excluding carboxylic acids is 1. The Balaban J connectivity index is 1.58. The first kappa shape index (κ1) is 28.4. The SMILES string of the molecule is CC(NC(=O)c1c(N)nn2cccnc12)c1nc2cccc(C#Cc3cnn(C)c3)c2c(=O)n1-c1c(O)c(O)c(O)c(O)c1O. The lowest BCUT2D eigenvalue weighted by Crippen LogP contribution is -2.33. The molecule has 1 unspecified atom stereocenters. The summed E-state index contributed by atoms with van der Waals surface area (Å²) in [7, 11) is 1.72. The van der Waals surface area contributed by atoms with Gasteiger partial charge in [-0.05, 0) is 25.1 Å². The van der Waals surface area contributed by atoms with Gasteiger partial charge in [-0.1, -0.05) is 17.9 Å². The molecule has 6 aromatic rings. The largest absolute Gasteiger partial charge is 0.503 e. The number of carbonyl (C=O) groups is 1. The number of hydrogen-bond acceptors (Lipinski definition) is 12. The van der Waals surface area contributed by atoms with E-state index in [4.69, 9.17) is 5.73 Å². The summed E-state index contributed by atoms with van der Waals surface area (Å²) in [5.41, 5.74) is 5.28.